The minimum Gasteiger partial charge on any atom is -0.276 e. The first kappa shape index (κ1) is 8.34. The molecule has 0 aromatic heterocycles. The van der Waals surface area contributed by atoms with Crippen molar-refractivity contribution in [3.05, 3.63) is 23.8 Å². The monoisotopic (exact) mass is 179 g/mol. The summed E-state index contributed by atoms with van der Waals surface area (Å²) in [4.78, 5) is 0. The van der Waals surface area contributed by atoms with E-state index in [-0.39, 0.29) is 0 Å². The normalized spacial score (nSPS) is 15.8. The number of fused-ring (bicyclic) bond motifs is 1. The highest BCUT2D eigenvalue weighted by Crippen LogP contribution is 2.32. The molecule has 13 heavy (non-hydrogen) atoms. The second-order valence-electron chi connectivity index (χ2n) is 3.14. The SMILES string of the molecule is CCN1c2ccc(C)cc2NN1O. The van der Waals surface area contributed by atoms with Crippen molar-refractivity contribution in [2.45, 2.75) is 13.8 Å². The number of nitrogens with zero attached hydrogens (tertiary/aromatic N) is 2. The van der Waals surface area contributed by atoms with Gasteiger partial charge in [-0.3, -0.25) is 15.6 Å². The molecule has 1 aromatic carbocycles. The Morgan fingerprint density at radius 3 is 2.92 bits per heavy atom. The number of anilines is 2. The number of nitrogens with one attached hydrogen (secondary N) is 1. The van der Waals surface area contributed by atoms with Gasteiger partial charge in [-0.25, -0.2) is 0 Å². The standard InChI is InChI=1S/C9H13N3O/c1-3-11-9-5-4-7(2)6-8(9)10-12(11)13/h4-6,10,13H,3H2,1-2H3. The van der Waals surface area contributed by atoms with Gasteiger partial charge in [0.2, 0.25) is 0 Å². The predicted molar refractivity (Wildman–Crippen MR) is 51.4 cm³/mol. The van der Waals surface area contributed by atoms with Gasteiger partial charge in [-0.05, 0) is 36.8 Å². The van der Waals surface area contributed by atoms with Crippen LogP contribution in [-0.4, -0.2) is 17.0 Å². The van der Waals surface area contributed by atoms with E-state index < -0.39 is 0 Å². The van der Waals surface area contributed by atoms with E-state index in [2.05, 4.69) is 5.43 Å². The van der Waals surface area contributed by atoms with Gasteiger partial charge in [-0.15, -0.1) is 0 Å². The molecule has 0 saturated carbocycles. The van der Waals surface area contributed by atoms with Crippen LogP contribution in [0.5, 0.6) is 0 Å². The first-order valence-corrected chi connectivity index (χ1v) is 4.36. The molecule has 0 radical (unpaired) electrons. The minimum absolute atomic E-state index is 0.736. The third kappa shape index (κ3) is 1.24. The van der Waals surface area contributed by atoms with Crippen LogP contribution in [0.4, 0.5) is 11.4 Å². The third-order valence-electron chi connectivity index (χ3n) is 2.18. The van der Waals surface area contributed by atoms with E-state index in [4.69, 9.17) is 0 Å². The number of hydrogen-bond acceptors (Lipinski definition) is 4. The van der Waals surface area contributed by atoms with Gasteiger partial charge in [0.25, 0.3) is 0 Å². The lowest BCUT2D eigenvalue weighted by Gasteiger charge is -2.20. The number of hydrazine groups is 2. The van der Waals surface area contributed by atoms with Crippen molar-refractivity contribution in [2.24, 2.45) is 0 Å². The summed E-state index contributed by atoms with van der Waals surface area (Å²) in [7, 11) is 0. The largest absolute Gasteiger partial charge is 0.276 e. The van der Waals surface area contributed by atoms with Crippen molar-refractivity contribution in [2.75, 3.05) is 17.0 Å². The van der Waals surface area contributed by atoms with Crippen LogP contribution in [0.3, 0.4) is 0 Å². The number of rotatable bonds is 1. The third-order valence-corrected chi connectivity index (χ3v) is 2.18. The van der Waals surface area contributed by atoms with Crippen LogP contribution in [-0.2, 0) is 0 Å². The number of aryl methyl sites for hydroxylation is 1. The second kappa shape index (κ2) is 2.90. The van der Waals surface area contributed by atoms with Crippen LogP contribution in [0.25, 0.3) is 0 Å². The lowest BCUT2D eigenvalue weighted by molar-refractivity contribution is -0.0696. The van der Waals surface area contributed by atoms with Crippen molar-refractivity contribution in [3.8, 4) is 0 Å². The van der Waals surface area contributed by atoms with Crippen molar-refractivity contribution < 1.29 is 5.21 Å². The van der Waals surface area contributed by atoms with Gasteiger partial charge in [0.15, 0.2) is 0 Å². The summed E-state index contributed by atoms with van der Waals surface area (Å²) >= 11 is 0. The lowest BCUT2D eigenvalue weighted by atomic mass is 10.2. The van der Waals surface area contributed by atoms with Gasteiger partial charge in [-0.2, -0.15) is 0 Å². The number of hydrogen-bond donors (Lipinski definition) is 2. The molecule has 0 amide bonds. The van der Waals surface area contributed by atoms with E-state index in [0.29, 0.717) is 0 Å². The molecule has 2 N–H and O–H groups in total. The molecule has 0 bridgehead atoms. The van der Waals surface area contributed by atoms with Crippen LogP contribution in [0.2, 0.25) is 0 Å². The van der Waals surface area contributed by atoms with Crippen molar-refractivity contribution in [1.82, 2.24) is 5.28 Å². The molecular formula is C9H13N3O. The zero-order valence-corrected chi connectivity index (χ0v) is 7.78. The van der Waals surface area contributed by atoms with Crippen LogP contribution in [0.15, 0.2) is 18.2 Å². The van der Waals surface area contributed by atoms with Crippen LogP contribution in [0.1, 0.15) is 12.5 Å². The highest BCUT2D eigenvalue weighted by molar-refractivity contribution is 5.73. The Balaban J connectivity index is 2.42. The van der Waals surface area contributed by atoms with Gasteiger partial charge < -0.3 is 0 Å². The molecule has 1 heterocycles. The Morgan fingerprint density at radius 2 is 2.23 bits per heavy atom. The Kier molecular flexibility index (Phi) is 1.86. The van der Waals surface area contributed by atoms with E-state index in [9.17, 15) is 5.21 Å². The molecular weight excluding hydrogens is 166 g/mol. The fourth-order valence-corrected chi connectivity index (χ4v) is 1.54. The average molecular weight is 179 g/mol. The summed E-state index contributed by atoms with van der Waals surface area (Å²) in [6.07, 6.45) is 0. The average Bonchev–Trinajstić information content (AvgIpc) is 2.39. The van der Waals surface area contributed by atoms with Gasteiger partial charge in [0.1, 0.15) is 0 Å². The van der Waals surface area contributed by atoms with Gasteiger partial charge >= 0.3 is 0 Å². The molecule has 0 spiro atoms. The zero-order valence-electron chi connectivity index (χ0n) is 7.78. The summed E-state index contributed by atoms with van der Waals surface area (Å²) in [5.74, 6) is 0. The molecule has 0 fully saturated rings. The van der Waals surface area contributed by atoms with Crippen molar-refractivity contribution in [3.63, 3.8) is 0 Å². The van der Waals surface area contributed by atoms with Crippen LogP contribution < -0.4 is 10.4 Å². The Hall–Kier alpha value is -1.26. The highest BCUT2D eigenvalue weighted by atomic mass is 16.6. The summed E-state index contributed by atoms with van der Waals surface area (Å²) < 4.78 is 0. The Bertz CT molecular complexity index is 327. The second-order valence-corrected chi connectivity index (χ2v) is 3.14. The van der Waals surface area contributed by atoms with Gasteiger partial charge in [-0.1, -0.05) is 6.07 Å². The van der Waals surface area contributed by atoms with E-state index in [1.165, 1.54) is 5.56 Å². The first-order valence-electron chi connectivity index (χ1n) is 4.36. The minimum atomic E-state index is 0.736. The molecule has 0 atom stereocenters. The molecule has 0 saturated heterocycles. The van der Waals surface area contributed by atoms with E-state index in [1.54, 1.807) is 5.01 Å². The maximum absolute atomic E-state index is 9.45. The molecule has 1 aliphatic rings. The zero-order chi connectivity index (χ0) is 9.42. The molecule has 0 aliphatic carbocycles. The maximum atomic E-state index is 9.45. The number of benzene rings is 1. The maximum Gasteiger partial charge on any atom is 0.0809 e. The van der Waals surface area contributed by atoms with E-state index in [0.717, 1.165) is 23.2 Å². The molecule has 70 valence electrons. The van der Waals surface area contributed by atoms with Crippen molar-refractivity contribution >= 4 is 11.4 Å². The summed E-state index contributed by atoms with van der Waals surface area (Å²) in [5.41, 5.74) is 5.99. The molecule has 2 rings (SSSR count). The molecule has 0 unspecified atom stereocenters. The van der Waals surface area contributed by atoms with Gasteiger partial charge in [0, 0.05) is 6.54 Å². The van der Waals surface area contributed by atoms with Crippen LogP contribution in [0, 0.1) is 6.92 Å². The molecule has 1 aliphatic heterocycles. The fraction of sp³-hybridized carbons (Fsp3) is 0.333. The quantitative estimate of drug-likeness (QED) is 0.689. The topological polar surface area (TPSA) is 38.7 Å². The summed E-state index contributed by atoms with van der Waals surface area (Å²) in [6.45, 7) is 4.75. The van der Waals surface area contributed by atoms with E-state index in [1.807, 2.05) is 32.0 Å². The summed E-state index contributed by atoms with van der Waals surface area (Å²) in [5, 5.41) is 12.2. The molecule has 1 aromatic rings. The fourth-order valence-electron chi connectivity index (χ4n) is 1.54. The van der Waals surface area contributed by atoms with Crippen molar-refractivity contribution in [1.29, 1.82) is 0 Å². The molecule has 4 nitrogen and oxygen atoms in total. The van der Waals surface area contributed by atoms with Crippen LogP contribution >= 0.6 is 0 Å². The molecule has 4 heteroatoms. The predicted octanol–water partition coefficient (Wildman–Crippen LogP) is 1.77. The summed E-state index contributed by atoms with van der Waals surface area (Å²) in [6, 6.07) is 6.04. The Morgan fingerprint density at radius 1 is 1.46 bits per heavy atom. The van der Waals surface area contributed by atoms with E-state index >= 15 is 0 Å². The first-order chi connectivity index (χ1) is 6.22. The van der Waals surface area contributed by atoms with Gasteiger partial charge in [0.05, 0.1) is 11.4 Å². The smallest absolute Gasteiger partial charge is 0.0809 e. The Labute approximate surface area is 77.3 Å². The highest BCUT2D eigenvalue weighted by Gasteiger charge is 2.23. The lowest BCUT2D eigenvalue weighted by Crippen LogP contribution is -2.38.